The Balaban J connectivity index is 2.47. The Labute approximate surface area is 319 Å². The lowest BCUT2D eigenvalue weighted by Crippen LogP contribution is -2.64. The van der Waals surface area contributed by atoms with Crippen LogP contribution < -0.4 is 0 Å². The van der Waals surface area contributed by atoms with E-state index in [1.54, 1.807) is 0 Å². The molecule has 0 saturated heterocycles. The second kappa shape index (κ2) is 31.0. The highest BCUT2D eigenvalue weighted by Gasteiger charge is 2.51. The number of aliphatic hydroxyl groups excluding tert-OH is 5. The van der Waals surface area contributed by atoms with E-state index in [-0.39, 0.29) is 12.8 Å². The molecule has 0 aromatic carbocycles. The first-order valence-electron chi connectivity index (χ1n) is 20.8. The third kappa shape index (κ3) is 24.2. The lowest BCUT2D eigenvalue weighted by atomic mass is 9.85. The minimum Gasteiger partial charge on any atom is -0.462 e. The summed E-state index contributed by atoms with van der Waals surface area (Å²) in [7, 11) is -5.10. The lowest BCUT2D eigenvalue weighted by Gasteiger charge is -2.41. The van der Waals surface area contributed by atoms with Gasteiger partial charge in [0.05, 0.1) is 6.61 Å². The van der Waals surface area contributed by atoms with Crippen LogP contribution in [0.4, 0.5) is 0 Å². The van der Waals surface area contributed by atoms with Crippen molar-refractivity contribution >= 4 is 19.8 Å². The zero-order valence-corrected chi connectivity index (χ0v) is 33.7. The molecule has 1 fully saturated rings. The van der Waals surface area contributed by atoms with Gasteiger partial charge in [0.1, 0.15) is 43.2 Å². The Morgan fingerprint density at radius 2 is 0.849 bits per heavy atom. The number of carbonyl (C=O) groups is 2. The number of rotatable bonds is 34. The molecule has 0 radical (unpaired) electrons. The predicted molar refractivity (Wildman–Crippen MR) is 203 cm³/mol. The third-order valence-electron chi connectivity index (χ3n) is 9.95. The van der Waals surface area contributed by atoms with Crippen molar-refractivity contribution in [3.63, 3.8) is 0 Å². The van der Waals surface area contributed by atoms with E-state index in [9.17, 15) is 44.6 Å². The first-order valence-corrected chi connectivity index (χ1v) is 22.3. The first-order chi connectivity index (χ1) is 25.4. The number of esters is 2. The summed E-state index contributed by atoms with van der Waals surface area (Å²) < 4.78 is 33.3. The van der Waals surface area contributed by atoms with Gasteiger partial charge in [-0.3, -0.25) is 18.6 Å². The van der Waals surface area contributed by atoms with Crippen molar-refractivity contribution in [3.05, 3.63) is 0 Å². The quantitative estimate of drug-likeness (QED) is 0.0222. The van der Waals surface area contributed by atoms with Crippen LogP contribution in [0.5, 0.6) is 0 Å². The van der Waals surface area contributed by atoms with Crippen LogP contribution in [0.1, 0.15) is 181 Å². The molecule has 8 atom stereocenters. The highest BCUT2D eigenvalue weighted by molar-refractivity contribution is 7.47. The van der Waals surface area contributed by atoms with Crippen LogP contribution in [0.3, 0.4) is 0 Å². The van der Waals surface area contributed by atoms with Gasteiger partial charge in [-0.2, -0.15) is 0 Å². The first kappa shape index (κ1) is 49.9. The summed E-state index contributed by atoms with van der Waals surface area (Å²) in [4.78, 5) is 35.4. The highest BCUT2D eigenvalue weighted by atomic mass is 31.2. The zero-order valence-electron chi connectivity index (χ0n) is 32.8. The van der Waals surface area contributed by atoms with E-state index in [0.717, 1.165) is 44.9 Å². The molecule has 0 spiro atoms. The average molecular weight is 783 g/mol. The molecule has 0 aromatic rings. The van der Waals surface area contributed by atoms with Crippen LogP contribution in [0.2, 0.25) is 0 Å². The lowest BCUT2D eigenvalue weighted by molar-refractivity contribution is -0.220. The largest absolute Gasteiger partial charge is 0.472 e. The van der Waals surface area contributed by atoms with Crippen LogP contribution in [-0.2, 0) is 32.7 Å². The van der Waals surface area contributed by atoms with Gasteiger partial charge in [0.15, 0.2) is 6.10 Å². The van der Waals surface area contributed by atoms with E-state index >= 15 is 0 Å². The molecule has 0 heterocycles. The maximum absolute atomic E-state index is 12.7. The molecular weight excluding hydrogens is 707 g/mol. The number of aliphatic hydroxyl groups is 5. The third-order valence-corrected chi connectivity index (χ3v) is 10.9. The van der Waals surface area contributed by atoms with E-state index in [1.807, 2.05) is 0 Å². The van der Waals surface area contributed by atoms with Gasteiger partial charge in [-0.25, -0.2) is 4.57 Å². The Hall–Kier alpha value is -1.15. The Bertz CT molecular complexity index is 954. The molecule has 1 saturated carbocycles. The summed E-state index contributed by atoms with van der Waals surface area (Å²) in [5.74, 6) is -1.09. The van der Waals surface area contributed by atoms with Gasteiger partial charge < -0.3 is 39.9 Å². The topological polar surface area (TPSA) is 210 Å². The second-order valence-electron chi connectivity index (χ2n) is 14.9. The Morgan fingerprint density at radius 1 is 0.509 bits per heavy atom. The fourth-order valence-corrected chi connectivity index (χ4v) is 7.50. The molecule has 53 heavy (non-hydrogen) atoms. The van der Waals surface area contributed by atoms with Crippen molar-refractivity contribution in [1.82, 2.24) is 0 Å². The normalized spacial score (nSPS) is 23.4. The van der Waals surface area contributed by atoms with Crippen molar-refractivity contribution in [2.45, 2.75) is 224 Å². The number of hydrogen-bond donors (Lipinski definition) is 6. The number of carbonyl (C=O) groups excluding carboxylic acids is 2. The number of phosphoric acid groups is 1. The van der Waals surface area contributed by atoms with Gasteiger partial charge in [0.2, 0.25) is 0 Å². The molecule has 1 rings (SSSR count). The number of unbranched alkanes of at least 4 members (excludes halogenated alkanes) is 22. The SMILES string of the molecule is CCCCCCCCCCCCCCCCCC(=O)OCC(COP(=O)(O)OC1[C@H](O)[C@H](O)C(O)[C@H](O)[C@H]1O)OC(=O)CCCCCCCCCCC. The summed E-state index contributed by atoms with van der Waals surface area (Å²) in [5.41, 5.74) is 0. The van der Waals surface area contributed by atoms with E-state index in [2.05, 4.69) is 13.8 Å². The van der Waals surface area contributed by atoms with E-state index in [0.29, 0.717) is 12.8 Å². The van der Waals surface area contributed by atoms with Crippen LogP contribution in [0.15, 0.2) is 0 Å². The minimum absolute atomic E-state index is 0.102. The molecule has 14 heteroatoms. The van der Waals surface area contributed by atoms with Crippen LogP contribution >= 0.6 is 7.82 Å². The molecule has 314 valence electrons. The maximum atomic E-state index is 12.7. The molecule has 0 bridgehead atoms. The predicted octanol–water partition coefficient (Wildman–Crippen LogP) is 6.94. The van der Waals surface area contributed by atoms with Gasteiger partial charge in [-0.15, -0.1) is 0 Å². The van der Waals surface area contributed by atoms with Crippen LogP contribution in [0, 0.1) is 0 Å². The van der Waals surface area contributed by atoms with Crippen LogP contribution in [0.25, 0.3) is 0 Å². The average Bonchev–Trinajstić information content (AvgIpc) is 3.13. The van der Waals surface area contributed by atoms with Crippen LogP contribution in [-0.4, -0.2) is 98.3 Å². The molecule has 6 N–H and O–H groups in total. The Kier molecular flexibility index (Phi) is 29.2. The second-order valence-corrected chi connectivity index (χ2v) is 16.3. The van der Waals surface area contributed by atoms with Crippen molar-refractivity contribution in [1.29, 1.82) is 0 Å². The molecule has 4 unspecified atom stereocenters. The fraction of sp³-hybridized carbons (Fsp3) is 0.949. The van der Waals surface area contributed by atoms with Gasteiger partial charge in [0.25, 0.3) is 0 Å². The van der Waals surface area contributed by atoms with Gasteiger partial charge >= 0.3 is 19.8 Å². The number of hydrogen-bond acceptors (Lipinski definition) is 12. The van der Waals surface area contributed by atoms with Crippen molar-refractivity contribution in [3.8, 4) is 0 Å². The molecule has 0 amide bonds. The van der Waals surface area contributed by atoms with Gasteiger partial charge in [-0.05, 0) is 12.8 Å². The van der Waals surface area contributed by atoms with Crippen molar-refractivity contribution in [2.75, 3.05) is 13.2 Å². The molecule has 1 aliphatic carbocycles. The molecule has 13 nitrogen and oxygen atoms in total. The van der Waals surface area contributed by atoms with Crippen molar-refractivity contribution in [2.24, 2.45) is 0 Å². The summed E-state index contributed by atoms with van der Waals surface area (Å²) in [6, 6.07) is 0. The zero-order chi connectivity index (χ0) is 39.3. The van der Waals surface area contributed by atoms with E-state index in [4.69, 9.17) is 18.5 Å². The molecule has 0 aromatic heterocycles. The summed E-state index contributed by atoms with van der Waals surface area (Å²) in [6.45, 7) is 3.26. The number of phosphoric ester groups is 1. The molecule has 1 aliphatic rings. The fourth-order valence-electron chi connectivity index (χ4n) is 6.52. The van der Waals surface area contributed by atoms with Gasteiger partial charge in [0, 0.05) is 12.8 Å². The maximum Gasteiger partial charge on any atom is 0.472 e. The smallest absolute Gasteiger partial charge is 0.462 e. The highest BCUT2D eigenvalue weighted by Crippen LogP contribution is 2.47. The Morgan fingerprint density at radius 3 is 1.25 bits per heavy atom. The van der Waals surface area contributed by atoms with Gasteiger partial charge in [-0.1, -0.05) is 155 Å². The molecule has 0 aliphatic heterocycles. The summed E-state index contributed by atoms with van der Waals surface area (Å²) in [6.07, 6.45) is 14.7. The standard InChI is InChI=1S/C39H75O13P/c1-3-5-7-9-11-13-14-15-16-17-18-20-21-23-25-27-32(40)49-29-31(51-33(41)28-26-24-22-19-12-10-8-6-4-2)30-50-53(47,48)52-39-37(45)35(43)34(42)36(44)38(39)46/h31,34-39,42-46H,3-30H2,1-2H3,(H,47,48)/t31?,34?,35-,36+,37-,38-,39?/m1/s1. The van der Waals surface area contributed by atoms with Crippen molar-refractivity contribution < 1.29 is 63.1 Å². The van der Waals surface area contributed by atoms with E-state index < -0.39 is 75.7 Å². The summed E-state index contributed by atoms with van der Waals surface area (Å²) >= 11 is 0. The van der Waals surface area contributed by atoms with E-state index in [1.165, 1.54) is 96.3 Å². The summed E-state index contributed by atoms with van der Waals surface area (Å²) in [5, 5.41) is 49.9. The minimum atomic E-state index is -5.10. The monoisotopic (exact) mass is 782 g/mol. The molecular formula is C39H75O13P. The number of ether oxygens (including phenoxy) is 2.